The van der Waals surface area contributed by atoms with Crippen molar-refractivity contribution < 1.29 is 81.2 Å². The molecule has 0 aromatic rings. The van der Waals surface area contributed by atoms with E-state index in [-0.39, 0.29) is 86.7 Å². The van der Waals surface area contributed by atoms with Gasteiger partial charge in [-0.25, -0.2) is 0 Å². The molecule has 0 aromatic carbocycles. The molecule has 5 nitrogen and oxygen atoms in total. The van der Waals surface area contributed by atoms with E-state index in [0.29, 0.717) is 6.54 Å². The molecule has 0 bridgehead atoms. The van der Waals surface area contributed by atoms with Gasteiger partial charge in [0.15, 0.2) is 0 Å². The van der Waals surface area contributed by atoms with Crippen LogP contribution < -0.4 is 59.1 Å². The Morgan fingerprint density at radius 3 is 1.40 bits per heavy atom. The number of rotatable bonds is 15. The first-order valence-corrected chi connectivity index (χ1v) is 9.33. The zero-order chi connectivity index (χ0) is 17.3. The molecule has 0 aliphatic rings. The zero-order valence-electron chi connectivity index (χ0n) is 19.3. The average molecular weight is 377 g/mol. The molecule has 25 heavy (non-hydrogen) atoms. The number of hydroxylamine groups is 2. The number of hydrogen-bond donors (Lipinski definition) is 0. The van der Waals surface area contributed by atoms with Gasteiger partial charge in [-0.05, 0) is 6.42 Å². The molecule has 0 fully saturated rings. The van der Waals surface area contributed by atoms with Crippen molar-refractivity contribution >= 4 is 11.9 Å². The number of nitrogens with zero attached hydrogens (tertiary/aromatic N) is 1. The van der Waals surface area contributed by atoms with E-state index in [2.05, 4.69) is 6.92 Å². The van der Waals surface area contributed by atoms with Crippen molar-refractivity contribution in [2.45, 2.75) is 97.8 Å². The number of hydrogen-bond acceptors (Lipinski definition) is 5. The van der Waals surface area contributed by atoms with E-state index in [1.165, 1.54) is 51.4 Å². The van der Waals surface area contributed by atoms with Crippen molar-refractivity contribution in [1.82, 2.24) is 5.23 Å². The van der Waals surface area contributed by atoms with Crippen LogP contribution in [0.3, 0.4) is 0 Å². The van der Waals surface area contributed by atoms with Crippen molar-refractivity contribution in [1.29, 1.82) is 0 Å². The Balaban J connectivity index is -0.000000403. The van der Waals surface area contributed by atoms with Crippen LogP contribution in [0, 0.1) is 0 Å². The first-order valence-electron chi connectivity index (χ1n) is 9.33. The molecule has 0 aliphatic heterocycles. The largest absolute Gasteiger partial charge is 1.00 e. The molecule has 0 amide bonds. The van der Waals surface area contributed by atoms with Gasteiger partial charge in [-0.3, -0.25) is 9.59 Å². The number of carbonyl (C=O) groups excluding carboxylic acids is 2. The Morgan fingerprint density at radius 2 is 1.04 bits per heavy atom. The molecule has 0 heterocycles. The second kappa shape index (κ2) is 22.9. The van der Waals surface area contributed by atoms with Gasteiger partial charge in [0.2, 0.25) is 0 Å². The summed E-state index contributed by atoms with van der Waals surface area (Å²) < 4.78 is 0. The summed E-state index contributed by atoms with van der Waals surface area (Å²) >= 11 is 0. The van der Waals surface area contributed by atoms with Crippen molar-refractivity contribution in [3.63, 3.8) is 0 Å². The summed E-state index contributed by atoms with van der Waals surface area (Å²) in [4.78, 5) is 32.7. The second-order valence-corrected chi connectivity index (χ2v) is 5.87. The summed E-state index contributed by atoms with van der Waals surface area (Å²) in [6, 6.07) is 0. The maximum atomic E-state index is 11.3. The van der Waals surface area contributed by atoms with Crippen LogP contribution in [0.5, 0.6) is 0 Å². The quantitative estimate of drug-likeness (QED) is 0.212. The van der Waals surface area contributed by atoms with Gasteiger partial charge < -0.3 is 12.5 Å². The maximum absolute atomic E-state index is 11.3. The predicted octanol–water partition coefficient (Wildman–Crippen LogP) is -0.821. The van der Waals surface area contributed by atoms with E-state index in [1.54, 1.807) is 13.8 Å². The van der Waals surface area contributed by atoms with Gasteiger partial charge >= 0.3 is 71.1 Å². The normalized spacial score (nSPS) is 9.92. The Hall–Kier alpha value is 0.900. The van der Waals surface area contributed by atoms with E-state index in [0.717, 1.165) is 18.1 Å². The predicted molar refractivity (Wildman–Crippen MR) is 93.5 cm³/mol. The molecule has 0 rings (SSSR count). The smallest absolute Gasteiger partial charge is 1.00 e. The summed E-state index contributed by atoms with van der Waals surface area (Å²) in [6.45, 7) is 6.10. The van der Waals surface area contributed by atoms with Crippen LogP contribution in [-0.4, -0.2) is 23.7 Å². The molecule has 0 atom stereocenters. The summed E-state index contributed by atoms with van der Waals surface area (Å²) in [6.07, 6.45) is 12.8. The van der Waals surface area contributed by atoms with Crippen LogP contribution in [0.2, 0.25) is 0 Å². The molecule has 0 unspecified atom stereocenters. The summed E-state index contributed by atoms with van der Waals surface area (Å²) in [5.41, 5.74) is 0. The zero-order valence-corrected chi connectivity index (χ0v) is 21.3. The summed E-state index contributed by atoms with van der Waals surface area (Å²) in [5, 5.41) is 1.04. The van der Waals surface area contributed by atoms with Gasteiger partial charge in [0, 0.05) is 18.1 Å². The van der Waals surface area contributed by atoms with Gasteiger partial charge in [-0.1, -0.05) is 78.6 Å². The third-order valence-corrected chi connectivity index (χ3v) is 3.68. The second-order valence-electron chi connectivity index (χ2n) is 5.87. The van der Waals surface area contributed by atoms with Gasteiger partial charge in [-0.2, -0.15) is 0 Å². The third kappa shape index (κ3) is 21.1. The first-order chi connectivity index (χ1) is 11.1. The van der Waals surface area contributed by atoms with Gasteiger partial charge in [0.25, 0.3) is 0 Å². The first kappa shape index (κ1) is 30.6. The van der Waals surface area contributed by atoms with Crippen LogP contribution in [0.4, 0.5) is 0 Å². The van der Waals surface area contributed by atoms with Crippen LogP contribution in [0.15, 0.2) is 0 Å². The van der Waals surface area contributed by atoms with Crippen LogP contribution in [-0.2, 0) is 19.3 Å². The van der Waals surface area contributed by atoms with Gasteiger partial charge in [0.1, 0.15) is 0 Å². The van der Waals surface area contributed by atoms with E-state index in [4.69, 9.17) is 9.68 Å². The number of carbonyl (C=O) groups is 2. The maximum Gasteiger partial charge on any atom is 1.00 e. The van der Waals surface area contributed by atoms with E-state index < -0.39 is 0 Å². The minimum Gasteiger partial charge on any atom is -1.00 e. The van der Waals surface area contributed by atoms with E-state index >= 15 is 0 Å². The topological polar surface area (TPSA) is 55.8 Å². The molecule has 0 aromatic heterocycles. The van der Waals surface area contributed by atoms with Crippen LogP contribution >= 0.6 is 0 Å². The molecule has 0 N–H and O–H groups in total. The number of unbranched alkanes of at least 4 members (excludes halogenated alkanes) is 9. The van der Waals surface area contributed by atoms with E-state index in [9.17, 15) is 9.59 Å². The summed E-state index contributed by atoms with van der Waals surface area (Å²) in [5.74, 6) is -0.776. The molecular formula is C18H37NNa2O4. The molecule has 0 saturated heterocycles. The monoisotopic (exact) mass is 377 g/mol. The fourth-order valence-electron chi connectivity index (χ4n) is 2.19. The van der Waals surface area contributed by atoms with Crippen LogP contribution in [0.1, 0.15) is 101 Å². The van der Waals surface area contributed by atoms with Crippen molar-refractivity contribution in [3.8, 4) is 0 Å². The Labute approximate surface area is 201 Å². The SMILES string of the molecule is CCCCCCCCCCCCN(OC(=O)CC)OC(=O)CC.[H-].[H-].[Na+].[Na+]. The molecule has 0 saturated carbocycles. The van der Waals surface area contributed by atoms with Crippen molar-refractivity contribution in [2.75, 3.05) is 6.54 Å². The van der Waals surface area contributed by atoms with Crippen LogP contribution in [0.25, 0.3) is 0 Å². The Kier molecular flexibility index (Phi) is 28.1. The van der Waals surface area contributed by atoms with Gasteiger partial charge in [-0.15, -0.1) is 0 Å². The molecular weight excluding hydrogens is 340 g/mol. The van der Waals surface area contributed by atoms with Crippen molar-refractivity contribution in [2.24, 2.45) is 0 Å². The average Bonchev–Trinajstić information content (AvgIpc) is 2.55. The Bertz CT molecular complexity index is 310. The molecule has 140 valence electrons. The fraction of sp³-hybridized carbons (Fsp3) is 0.889. The molecule has 7 heteroatoms. The summed E-state index contributed by atoms with van der Waals surface area (Å²) in [7, 11) is 0. The van der Waals surface area contributed by atoms with E-state index in [1.807, 2.05) is 0 Å². The minimum absolute atomic E-state index is 0. The van der Waals surface area contributed by atoms with Crippen molar-refractivity contribution in [3.05, 3.63) is 0 Å². The minimum atomic E-state index is -0.388. The fourth-order valence-corrected chi connectivity index (χ4v) is 2.19. The third-order valence-electron chi connectivity index (χ3n) is 3.68. The molecule has 0 spiro atoms. The molecule has 0 radical (unpaired) electrons. The van der Waals surface area contributed by atoms with Gasteiger partial charge in [0.05, 0.1) is 6.54 Å². The standard InChI is InChI=1S/C18H35NO4.2Na.2H/c1-4-7-8-9-10-11-12-13-14-15-16-19(22-17(20)5-2)23-18(21)6-3;;;;/h4-16H2,1-3H3;;;;/q;2*+1;2*-1. The Morgan fingerprint density at radius 1 is 0.680 bits per heavy atom. The molecule has 0 aliphatic carbocycles.